The summed E-state index contributed by atoms with van der Waals surface area (Å²) in [5.41, 5.74) is -0.564. The van der Waals surface area contributed by atoms with Gasteiger partial charge in [0.15, 0.2) is 0 Å². The molecule has 122 valence electrons. The second-order valence-electron chi connectivity index (χ2n) is 5.18. The van der Waals surface area contributed by atoms with Gasteiger partial charge >= 0.3 is 12.2 Å². The lowest BCUT2D eigenvalue weighted by molar-refractivity contribution is -0.120. The van der Waals surface area contributed by atoms with Gasteiger partial charge in [0.25, 0.3) is 0 Å². The van der Waals surface area contributed by atoms with E-state index in [1.54, 1.807) is 27.7 Å². The predicted octanol–water partition coefficient (Wildman–Crippen LogP) is 0.764. The number of hydrogen-bond acceptors (Lipinski definition) is 5. The van der Waals surface area contributed by atoms with Gasteiger partial charge in [-0.05, 0) is 27.7 Å². The number of carbonyl (C=O) groups excluding carboxylic acids is 3. The van der Waals surface area contributed by atoms with Gasteiger partial charge in [0.05, 0.1) is 6.61 Å². The minimum Gasteiger partial charge on any atom is -0.450 e. The van der Waals surface area contributed by atoms with Gasteiger partial charge in [0.2, 0.25) is 5.91 Å². The topological polar surface area (TPSA) is 106 Å². The highest BCUT2D eigenvalue weighted by atomic mass is 16.6. The number of ether oxygens (including phenoxy) is 2. The monoisotopic (exact) mass is 303 g/mol. The van der Waals surface area contributed by atoms with Crippen molar-refractivity contribution in [3.05, 3.63) is 0 Å². The summed E-state index contributed by atoms with van der Waals surface area (Å²) in [5, 5.41) is 7.56. The van der Waals surface area contributed by atoms with E-state index in [0.717, 1.165) is 0 Å². The Bertz CT molecular complexity index is 352. The fraction of sp³-hybridized carbons (Fsp3) is 0.769. The molecular weight excluding hydrogens is 278 g/mol. The van der Waals surface area contributed by atoms with Gasteiger partial charge < -0.3 is 25.4 Å². The van der Waals surface area contributed by atoms with Crippen LogP contribution >= 0.6 is 0 Å². The quantitative estimate of drug-likeness (QED) is 0.602. The molecular formula is C13H25N3O5. The van der Waals surface area contributed by atoms with Crippen LogP contribution in [0.4, 0.5) is 9.59 Å². The first-order valence-corrected chi connectivity index (χ1v) is 6.88. The Hall–Kier alpha value is -1.99. The van der Waals surface area contributed by atoms with E-state index in [2.05, 4.69) is 20.7 Å². The zero-order valence-electron chi connectivity index (χ0n) is 13.1. The summed E-state index contributed by atoms with van der Waals surface area (Å²) in [5.74, 6) is -0.225. The fourth-order valence-electron chi connectivity index (χ4n) is 1.23. The molecule has 0 saturated carbocycles. The van der Waals surface area contributed by atoms with Crippen molar-refractivity contribution >= 4 is 18.1 Å². The Kier molecular flexibility index (Phi) is 8.91. The van der Waals surface area contributed by atoms with Crippen molar-refractivity contribution in [2.45, 2.75) is 39.7 Å². The van der Waals surface area contributed by atoms with E-state index in [1.165, 1.54) is 0 Å². The van der Waals surface area contributed by atoms with E-state index in [1.807, 2.05) is 0 Å². The summed E-state index contributed by atoms with van der Waals surface area (Å²) in [6.45, 7) is 8.05. The van der Waals surface area contributed by atoms with E-state index in [9.17, 15) is 14.4 Å². The van der Waals surface area contributed by atoms with E-state index < -0.39 is 17.8 Å². The van der Waals surface area contributed by atoms with Crippen LogP contribution in [-0.4, -0.2) is 49.9 Å². The van der Waals surface area contributed by atoms with Crippen molar-refractivity contribution in [3.63, 3.8) is 0 Å². The van der Waals surface area contributed by atoms with Crippen LogP contribution in [0.3, 0.4) is 0 Å². The number of hydrogen-bond donors (Lipinski definition) is 3. The van der Waals surface area contributed by atoms with Crippen molar-refractivity contribution in [1.82, 2.24) is 16.0 Å². The summed E-state index contributed by atoms with van der Waals surface area (Å²) in [4.78, 5) is 33.7. The SMILES string of the molecule is CCOC(=O)NCCNC(=O)CCNC(=O)OC(C)(C)C. The lowest BCUT2D eigenvalue weighted by Gasteiger charge is -2.19. The third-order valence-corrected chi connectivity index (χ3v) is 2.01. The van der Waals surface area contributed by atoms with Crippen molar-refractivity contribution in [3.8, 4) is 0 Å². The number of nitrogens with one attached hydrogen (secondary N) is 3. The smallest absolute Gasteiger partial charge is 0.407 e. The molecule has 0 aliphatic rings. The maximum Gasteiger partial charge on any atom is 0.407 e. The lowest BCUT2D eigenvalue weighted by atomic mass is 10.2. The molecule has 0 aliphatic carbocycles. The summed E-state index contributed by atoms with van der Waals surface area (Å²) in [6.07, 6.45) is -0.934. The molecule has 3 N–H and O–H groups in total. The highest BCUT2D eigenvalue weighted by molar-refractivity contribution is 5.77. The standard InChI is InChI=1S/C13H25N3O5/c1-5-20-11(18)16-9-8-14-10(17)6-7-15-12(19)21-13(2,3)4/h5-9H2,1-4H3,(H,14,17)(H,15,19)(H,16,18). The summed E-state index contributed by atoms with van der Waals surface area (Å²) in [7, 11) is 0. The number of rotatable bonds is 7. The molecule has 0 aromatic heterocycles. The molecule has 0 unspecified atom stereocenters. The first kappa shape index (κ1) is 19.0. The largest absolute Gasteiger partial charge is 0.450 e. The molecule has 0 aliphatic heterocycles. The van der Waals surface area contributed by atoms with Crippen molar-refractivity contribution in [1.29, 1.82) is 0 Å². The molecule has 8 heteroatoms. The fourth-order valence-corrected chi connectivity index (χ4v) is 1.23. The number of carbonyl (C=O) groups is 3. The molecule has 0 aromatic rings. The molecule has 0 atom stereocenters. The number of alkyl carbamates (subject to hydrolysis) is 2. The Labute approximate surface area is 124 Å². The van der Waals surface area contributed by atoms with Crippen molar-refractivity contribution < 1.29 is 23.9 Å². The maximum absolute atomic E-state index is 11.4. The molecule has 0 heterocycles. The van der Waals surface area contributed by atoms with Crippen LogP contribution in [-0.2, 0) is 14.3 Å². The normalized spacial score (nSPS) is 10.5. The average molecular weight is 303 g/mol. The second-order valence-corrected chi connectivity index (χ2v) is 5.18. The van der Waals surface area contributed by atoms with Gasteiger partial charge in [0.1, 0.15) is 5.60 Å². The van der Waals surface area contributed by atoms with Gasteiger partial charge in [-0.3, -0.25) is 4.79 Å². The lowest BCUT2D eigenvalue weighted by Crippen LogP contribution is -2.37. The maximum atomic E-state index is 11.4. The van der Waals surface area contributed by atoms with E-state index in [4.69, 9.17) is 4.74 Å². The average Bonchev–Trinajstić information content (AvgIpc) is 2.32. The molecule has 0 spiro atoms. The van der Waals surface area contributed by atoms with Gasteiger partial charge in [-0.15, -0.1) is 0 Å². The van der Waals surface area contributed by atoms with Crippen molar-refractivity contribution in [2.75, 3.05) is 26.2 Å². The molecule has 0 rings (SSSR count). The molecule has 0 fully saturated rings. The zero-order valence-corrected chi connectivity index (χ0v) is 13.1. The van der Waals surface area contributed by atoms with Crippen LogP contribution in [0.25, 0.3) is 0 Å². The Morgan fingerprint density at radius 1 is 0.905 bits per heavy atom. The van der Waals surface area contributed by atoms with Crippen LogP contribution in [0.2, 0.25) is 0 Å². The molecule has 0 radical (unpaired) electrons. The van der Waals surface area contributed by atoms with Crippen molar-refractivity contribution in [2.24, 2.45) is 0 Å². The van der Waals surface area contributed by atoms with Gasteiger partial charge in [0, 0.05) is 26.1 Å². The molecule has 0 bridgehead atoms. The van der Waals surface area contributed by atoms with Gasteiger partial charge in [-0.25, -0.2) is 9.59 Å². The van der Waals surface area contributed by atoms with Crippen LogP contribution in [0, 0.1) is 0 Å². The van der Waals surface area contributed by atoms with E-state index in [-0.39, 0.29) is 25.4 Å². The summed E-state index contributed by atoms with van der Waals surface area (Å²) < 4.78 is 9.68. The van der Waals surface area contributed by atoms with Crippen LogP contribution in [0.1, 0.15) is 34.1 Å². The minimum absolute atomic E-state index is 0.138. The first-order valence-electron chi connectivity index (χ1n) is 6.88. The van der Waals surface area contributed by atoms with E-state index >= 15 is 0 Å². The van der Waals surface area contributed by atoms with E-state index in [0.29, 0.717) is 13.2 Å². The third-order valence-electron chi connectivity index (χ3n) is 2.01. The van der Waals surface area contributed by atoms with Gasteiger partial charge in [-0.1, -0.05) is 0 Å². The first-order chi connectivity index (χ1) is 9.74. The highest BCUT2D eigenvalue weighted by Gasteiger charge is 2.15. The summed E-state index contributed by atoms with van der Waals surface area (Å²) in [6, 6.07) is 0. The zero-order chi connectivity index (χ0) is 16.3. The Morgan fingerprint density at radius 2 is 1.48 bits per heavy atom. The van der Waals surface area contributed by atoms with Crippen LogP contribution < -0.4 is 16.0 Å². The third kappa shape index (κ3) is 12.8. The second kappa shape index (κ2) is 9.84. The number of amides is 3. The molecule has 0 saturated heterocycles. The molecule has 21 heavy (non-hydrogen) atoms. The van der Waals surface area contributed by atoms with Crippen LogP contribution in [0.5, 0.6) is 0 Å². The Morgan fingerprint density at radius 3 is 2.05 bits per heavy atom. The minimum atomic E-state index is -0.564. The molecule has 0 aromatic carbocycles. The Balaban J connectivity index is 3.59. The highest BCUT2D eigenvalue weighted by Crippen LogP contribution is 2.06. The van der Waals surface area contributed by atoms with Gasteiger partial charge in [-0.2, -0.15) is 0 Å². The summed E-state index contributed by atoms with van der Waals surface area (Å²) >= 11 is 0. The predicted molar refractivity (Wildman–Crippen MR) is 76.9 cm³/mol. The molecule has 8 nitrogen and oxygen atoms in total. The molecule has 3 amide bonds. The van der Waals surface area contributed by atoms with Crippen LogP contribution in [0.15, 0.2) is 0 Å².